The molecule has 1 aliphatic rings. The third-order valence-electron chi connectivity index (χ3n) is 4.02. The fourth-order valence-corrected chi connectivity index (χ4v) is 2.86. The Balaban J connectivity index is 1.80. The van der Waals surface area contributed by atoms with Gasteiger partial charge in [0.15, 0.2) is 0 Å². The number of amides is 2. The number of carbonyl (C=O) groups excluding carboxylic acids is 1. The maximum Gasteiger partial charge on any atom is 0.317 e. The van der Waals surface area contributed by atoms with Crippen molar-refractivity contribution in [1.29, 1.82) is 0 Å². The van der Waals surface area contributed by atoms with Crippen LogP contribution in [0.15, 0.2) is 24.3 Å². The van der Waals surface area contributed by atoms with Crippen LogP contribution in [0.2, 0.25) is 0 Å². The molecule has 0 saturated carbocycles. The fraction of sp³-hybridized carbons (Fsp3) is 0.588. The van der Waals surface area contributed by atoms with Crippen LogP contribution in [0.1, 0.15) is 32.6 Å². The van der Waals surface area contributed by atoms with Gasteiger partial charge in [-0.2, -0.15) is 0 Å². The third kappa shape index (κ3) is 5.39. The number of aliphatic hydroxyl groups excluding tert-OH is 1. The quantitative estimate of drug-likeness (QED) is 0.845. The first-order valence-electron chi connectivity index (χ1n) is 8.17. The first-order chi connectivity index (χ1) is 11.1. The van der Waals surface area contributed by atoms with Gasteiger partial charge < -0.3 is 20.1 Å². The van der Waals surface area contributed by atoms with E-state index in [1.807, 2.05) is 6.92 Å². The Morgan fingerprint density at radius 1 is 1.52 bits per heavy atom. The van der Waals surface area contributed by atoms with Crippen LogP contribution in [-0.2, 0) is 0 Å². The number of likely N-dealkylation sites (tertiary alicyclic amines) is 1. The summed E-state index contributed by atoms with van der Waals surface area (Å²) in [5.74, 6) is 0.0989. The number of rotatable bonds is 6. The van der Waals surface area contributed by atoms with Gasteiger partial charge in [-0.05, 0) is 44.7 Å². The molecule has 1 aromatic rings. The Bertz CT molecular complexity index is 510. The second-order valence-electron chi connectivity index (χ2n) is 5.93. The molecule has 1 aromatic carbocycles. The highest BCUT2D eigenvalue weighted by molar-refractivity contribution is 5.74. The summed E-state index contributed by atoms with van der Waals surface area (Å²) in [5.41, 5.74) is 0. The van der Waals surface area contributed by atoms with Crippen molar-refractivity contribution in [2.24, 2.45) is 0 Å². The number of hydrogen-bond donors (Lipinski definition) is 2. The average Bonchev–Trinajstić information content (AvgIpc) is 2.53. The molecule has 23 heavy (non-hydrogen) atoms. The molecule has 2 N–H and O–H groups in total. The molecule has 2 atom stereocenters. The van der Waals surface area contributed by atoms with Crippen LogP contribution in [-0.4, -0.2) is 47.9 Å². The van der Waals surface area contributed by atoms with Gasteiger partial charge in [0.05, 0.1) is 6.54 Å². The first kappa shape index (κ1) is 17.5. The van der Waals surface area contributed by atoms with Gasteiger partial charge in [0.25, 0.3) is 0 Å². The van der Waals surface area contributed by atoms with Gasteiger partial charge in [-0.25, -0.2) is 9.18 Å². The number of aliphatic hydroxyl groups is 1. The van der Waals surface area contributed by atoms with Gasteiger partial charge >= 0.3 is 6.03 Å². The monoisotopic (exact) mass is 324 g/mol. The summed E-state index contributed by atoms with van der Waals surface area (Å²) in [4.78, 5) is 14.1. The zero-order valence-electron chi connectivity index (χ0n) is 13.5. The molecular formula is C17H25FN2O3. The molecule has 5 nitrogen and oxygen atoms in total. The van der Waals surface area contributed by atoms with Crippen molar-refractivity contribution in [1.82, 2.24) is 10.2 Å². The number of ether oxygens (including phenoxy) is 1. The van der Waals surface area contributed by atoms with Gasteiger partial charge in [-0.3, -0.25) is 0 Å². The molecule has 1 saturated heterocycles. The van der Waals surface area contributed by atoms with Crippen LogP contribution in [0.25, 0.3) is 0 Å². The van der Waals surface area contributed by atoms with Crippen molar-refractivity contribution in [3.8, 4) is 5.75 Å². The molecule has 2 amide bonds. The van der Waals surface area contributed by atoms with Crippen LogP contribution in [0.3, 0.4) is 0 Å². The Kier molecular flexibility index (Phi) is 6.65. The molecule has 0 radical (unpaired) electrons. The van der Waals surface area contributed by atoms with Crippen LogP contribution in [0, 0.1) is 5.82 Å². The van der Waals surface area contributed by atoms with Gasteiger partial charge in [-0.1, -0.05) is 6.07 Å². The summed E-state index contributed by atoms with van der Waals surface area (Å²) in [7, 11) is 0. The predicted octanol–water partition coefficient (Wildman–Crippen LogP) is 2.54. The maximum absolute atomic E-state index is 13.1. The molecule has 2 rings (SSSR count). The Labute approximate surface area is 136 Å². The minimum atomic E-state index is -0.348. The van der Waals surface area contributed by atoms with Gasteiger partial charge in [0.2, 0.25) is 0 Å². The van der Waals surface area contributed by atoms with E-state index in [1.165, 1.54) is 12.1 Å². The Morgan fingerprint density at radius 2 is 2.35 bits per heavy atom. The van der Waals surface area contributed by atoms with Gasteiger partial charge in [-0.15, -0.1) is 0 Å². The van der Waals surface area contributed by atoms with Gasteiger partial charge in [0, 0.05) is 25.3 Å². The second kappa shape index (κ2) is 8.72. The number of halogens is 1. The average molecular weight is 324 g/mol. The standard InChI is InChI=1S/C17H25FN2O3/c1-13(23-16-7-4-5-14(18)11-16)12-19-17(22)20-9-3-2-6-15(20)8-10-21/h4-5,7,11,13,15,21H,2-3,6,8-10,12H2,1H3,(H,19,22). The minimum absolute atomic E-state index is 0.0908. The molecule has 1 fully saturated rings. The number of nitrogens with one attached hydrogen (secondary N) is 1. The largest absolute Gasteiger partial charge is 0.489 e. The molecule has 1 aliphatic heterocycles. The van der Waals surface area contributed by atoms with E-state index in [4.69, 9.17) is 9.84 Å². The molecule has 0 spiro atoms. The topological polar surface area (TPSA) is 61.8 Å². The Hall–Kier alpha value is -1.82. The number of benzene rings is 1. The van der Waals surface area contributed by atoms with Crippen molar-refractivity contribution in [2.75, 3.05) is 19.7 Å². The lowest BCUT2D eigenvalue weighted by Gasteiger charge is -2.35. The lowest BCUT2D eigenvalue weighted by Crippen LogP contribution is -2.50. The van der Waals surface area contributed by atoms with Crippen LogP contribution in [0.4, 0.5) is 9.18 Å². The summed E-state index contributed by atoms with van der Waals surface area (Å²) < 4.78 is 18.7. The van der Waals surface area contributed by atoms with Gasteiger partial charge in [0.1, 0.15) is 17.7 Å². The van der Waals surface area contributed by atoms with E-state index in [2.05, 4.69) is 5.32 Å². The van der Waals surface area contributed by atoms with E-state index < -0.39 is 0 Å². The van der Waals surface area contributed by atoms with Crippen molar-refractivity contribution >= 4 is 6.03 Å². The first-order valence-corrected chi connectivity index (χ1v) is 8.17. The number of piperidine rings is 1. The Morgan fingerprint density at radius 3 is 3.09 bits per heavy atom. The van der Waals surface area contributed by atoms with Crippen LogP contribution < -0.4 is 10.1 Å². The zero-order valence-corrected chi connectivity index (χ0v) is 13.5. The lowest BCUT2D eigenvalue weighted by atomic mass is 10.0. The van der Waals surface area contributed by atoms with E-state index in [9.17, 15) is 9.18 Å². The summed E-state index contributed by atoms with van der Waals surface area (Å²) in [5, 5.41) is 12.0. The molecule has 2 unspecified atom stereocenters. The normalized spacial score (nSPS) is 19.3. The van der Waals surface area contributed by atoms with Crippen LogP contribution in [0.5, 0.6) is 5.75 Å². The number of nitrogens with zero attached hydrogens (tertiary/aromatic N) is 1. The molecule has 6 heteroatoms. The summed E-state index contributed by atoms with van der Waals surface area (Å²) >= 11 is 0. The van der Waals surface area contributed by atoms with E-state index in [0.717, 1.165) is 25.8 Å². The smallest absolute Gasteiger partial charge is 0.317 e. The van der Waals surface area contributed by atoms with E-state index in [1.54, 1.807) is 17.0 Å². The summed E-state index contributed by atoms with van der Waals surface area (Å²) in [6, 6.07) is 5.93. The van der Waals surface area contributed by atoms with Crippen molar-refractivity contribution in [3.63, 3.8) is 0 Å². The summed E-state index contributed by atoms with van der Waals surface area (Å²) in [6.07, 6.45) is 3.37. The molecule has 0 aromatic heterocycles. The number of urea groups is 1. The summed E-state index contributed by atoms with van der Waals surface area (Å²) in [6.45, 7) is 2.98. The van der Waals surface area contributed by atoms with E-state index >= 15 is 0 Å². The second-order valence-corrected chi connectivity index (χ2v) is 5.93. The zero-order chi connectivity index (χ0) is 16.7. The van der Waals surface area contributed by atoms with E-state index in [0.29, 0.717) is 18.7 Å². The molecular weight excluding hydrogens is 299 g/mol. The highest BCUT2D eigenvalue weighted by Gasteiger charge is 2.26. The number of carbonyl (C=O) groups is 1. The lowest BCUT2D eigenvalue weighted by molar-refractivity contribution is 0.127. The molecule has 0 bridgehead atoms. The number of hydrogen-bond acceptors (Lipinski definition) is 3. The van der Waals surface area contributed by atoms with Crippen LogP contribution >= 0.6 is 0 Å². The third-order valence-corrected chi connectivity index (χ3v) is 4.02. The predicted molar refractivity (Wildman–Crippen MR) is 85.9 cm³/mol. The van der Waals surface area contributed by atoms with Crippen molar-refractivity contribution in [2.45, 2.75) is 44.8 Å². The molecule has 0 aliphatic carbocycles. The highest BCUT2D eigenvalue weighted by Crippen LogP contribution is 2.19. The van der Waals surface area contributed by atoms with Crippen molar-refractivity contribution in [3.05, 3.63) is 30.1 Å². The minimum Gasteiger partial charge on any atom is -0.489 e. The SMILES string of the molecule is CC(CNC(=O)N1CCCCC1CCO)Oc1cccc(F)c1. The molecule has 1 heterocycles. The molecule has 128 valence electrons. The van der Waals surface area contributed by atoms with E-state index in [-0.39, 0.29) is 30.6 Å². The maximum atomic E-state index is 13.1. The highest BCUT2D eigenvalue weighted by atomic mass is 19.1. The van der Waals surface area contributed by atoms with Crippen molar-refractivity contribution < 1.29 is 19.0 Å². The fourth-order valence-electron chi connectivity index (χ4n) is 2.86.